The number of anilines is 1. The van der Waals surface area contributed by atoms with Crippen molar-refractivity contribution in [2.75, 3.05) is 5.73 Å². The predicted molar refractivity (Wildman–Crippen MR) is 56.3 cm³/mol. The van der Waals surface area contributed by atoms with E-state index in [4.69, 9.17) is 28.9 Å². The number of aromatic nitrogens is 1. The topological polar surface area (TPSA) is 52.0 Å². The van der Waals surface area contributed by atoms with Crippen LogP contribution in [0.3, 0.4) is 0 Å². The van der Waals surface area contributed by atoms with Gasteiger partial charge in [-0.25, -0.2) is 4.39 Å². The Balaban J connectivity index is 2.60. The summed E-state index contributed by atoms with van der Waals surface area (Å²) in [4.78, 5) is 0. The fraction of sp³-hybridized carbons (Fsp3) is 0. The third kappa shape index (κ3) is 1.78. The van der Waals surface area contributed by atoms with Crippen LogP contribution in [0.2, 0.25) is 10.0 Å². The van der Waals surface area contributed by atoms with Gasteiger partial charge in [0.05, 0.1) is 21.8 Å². The molecule has 1 aromatic heterocycles. The van der Waals surface area contributed by atoms with E-state index in [2.05, 4.69) is 9.68 Å². The fourth-order valence-corrected chi connectivity index (χ4v) is 1.66. The molecule has 0 amide bonds. The first-order valence-electron chi connectivity index (χ1n) is 3.94. The number of hydrogen-bond acceptors (Lipinski definition) is 3. The lowest BCUT2D eigenvalue weighted by atomic mass is 10.1. The van der Waals surface area contributed by atoms with Gasteiger partial charge < -0.3 is 10.3 Å². The molecule has 1 aromatic carbocycles. The average Bonchev–Trinajstić information content (AvgIpc) is 2.60. The summed E-state index contributed by atoms with van der Waals surface area (Å²) in [7, 11) is 0. The van der Waals surface area contributed by atoms with Crippen LogP contribution in [0.15, 0.2) is 22.9 Å². The van der Waals surface area contributed by atoms with Crippen molar-refractivity contribution in [2.45, 2.75) is 0 Å². The molecule has 0 bridgehead atoms. The number of benzene rings is 1. The van der Waals surface area contributed by atoms with Gasteiger partial charge in [-0.3, -0.25) is 0 Å². The van der Waals surface area contributed by atoms with Crippen LogP contribution in [0.25, 0.3) is 11.1 Å². The van der Waals surface area contributed by atoms with Gasteiger partial charge in [0, 0.05) is 0 Å². The molecule has 0 saturated carbocycles. The Morgan fingerprint density at radius 2 is 1.87 bits per heavy atom. The molecule has 0 atom stereocenters. The summed E-state index contributed by atoms with van der Waals surface area (Å²) in [6.45, 7) is 0. The van der Waals surface area contributed by atoms with E-state index in [9.17, 15) is 4.39 Å². The number of hydrogen-bond donors (Lipinski definition) is 1. The number of rotatable bonds is 1. The Labute approximate surface area is 94.6 Å². The number of nitrogen functional groups attached to an aromatic ring is 1. The van der Waals surface area contributed by atoms with E-state index in [0.717, 1.165) is 0 Å². The molecule has 0 saturated heterocycles. The molecule has 3 nitrogen and oxygen atoms in total. The summed E-state index contributed by atoms with van der Waals surface area (Å²) >= 11 is 11.3. The predicted octanol–water partition coefficient (Wildman–Crippen LogP) is 3.37. The molecule has 0 aliphatic heterocycles. The molecule has 78 valence electrons. The van der Waals surface area contributed by atoms with Crippen LogP contribution in [0.1, 0.15) is 0 Å². The molecule has 2 aromatic rings. The molecule has 2 rings (SSSR count). The Bertz CT molecular complexity index is 490. The van der Waals surface area contributed by atoms with E-state index >= 15 is 0 Å². The van der Waals surface area contributed by atoms with E-state index in [0.29, 0.717) is 11.1 Å². The van der Waals surface area contributed by atoms with Gasteiger partial charge in [-0.05, 0) is 17.7 Å². The standard InChI is InChI=1S/C9H5Cl2FN2O/c10-6-1-4(2-7(11)8(6)12)5-3-14-15-9(5)13/h1-3H,13H2. The largest absolute Gasteiger partial charge is 0.367 e. The van der Waals surface area contributed by atoms with Crippen molar-refractivity contribution in [1.29, 1.82) is 0 Å². The van der Waals surface area contributed by atoms with Crippen molar-refractivity contribution in [3.8, 4) is 11.1 Å². The SMILES string of the molecule is Nc1oncc1-c1cc(Cl)c(F)c(Cl)c1. The first-order valence-corrected chi connectivity index (χ1v) is 4.70. The van der Waals surface area contributed by atoms with Crippen LogP contribution in [0.4, 0.5) is 10.3 Å². The first kappa shape index (κ1) is 10.3. The number of halogens is 3. The van der Waals surface area contributed by atoms with Gasteiger partial charge in [0.15, 0.2) is 5.82 Å². The monoisotopic (exact) mass is 246 g/mol. The quantitative estimate of drug-likeness (QED) is 0.786. The van der Waals surface area contributed by atoms with Gasteiger partial charge in [0.25, 0.3) is 0 Å². The minimum Gasteiger partial charge on any atom is -0.367 e. The highest BCUT2D eigenvalue weighted by Crippen LogP contribution is 2.32. The normalized spacial score (nSPS) is 10.6. The summed E-state index contributed by atoms with van der Waals surface area (Å²) < 4.78 is 17.8. The molecule has 1 heterocycles. The lowest BCUT2D eigenvalue weighted by Crippen LogP contribution is -1.87. The van der Waals surface area contributed by atoms with Crippen molar-refractivity contribution >= 4 is 29.1 Å². The van der Waals surface area contributed by atoms with Crippen molar-refractivity contribution in [1.82, 2.24) is 5.16 Å². The summed E-state index contributed by atoms with van der Waals surface area (Å²) in [5, 5.41) is 3.36. The summed E-state index contributed by atoms with van der Waals surface area (Å²) in [6, 6.07) is 2.82. The van der Waals surface area contributed by atoms with Crippen LogP contribution in [-0.2, 0) is 0 Å². The lowest BCUT2D eigenvalue weighted by molar-refractivity contribution is 0.436. The molecular formula is C9H5Cl2FN2O. The lowest BCUT2D eigenvalue weighted by Gasteiger charge is -2.02. The Kier molecular flexibility index (Phi) is 2.54. The minimum atomic E-state index is -0.655. The second-order valence-corrected chi connectivity index (χ2v) is 3.67. The maximum absolute atomic E-state index is 13.1. The molecule has 0 radical (unpaired) electrons. The molecular weight excluding hydrogens is 242 g/mol. The second-order valence-electron chi connectivity index (χ2n) is 2.86. The smallest absolute Gasteiger partial charge is 0.229 e. The first-order chi connectivity index (χ1) is 7.09. The highest BCUT2D eigenvalue weighted by molar-refractivity contribution is 6.35. The van der Waals surface area contributed by atoms with Crippen LogP contribution in [-0.4, -0.2) is 5.16 Å². The third-order valence-corrected chi connectivity index (χ3v) is 2.44. The zero-order chi connectivity index (χ0) is 11.0. The van der Waals surface area contributed by atoms with Gasteiger partial charge in [0.2, 0.25) is 5.88 Å². The zero-order valence-electron chi connectivity index (χ0n) is 7.30. The molecule has 0 aliphatic carbocycles. The van der Waals surface area contributed by atoms with Gasteiger partial charge in [-0.2, -0.15) is 0 Å². The molecule has 6 heteroatoms. The third-order valence-electron chi connectivity index (χ3n) is 1.89. The number of nitrogens with two attached hydrogens (primary N) is 1. The van der Waals surface area contributed by atoms with Crippen molar-refractivity contribution in [3.05, 3.63) is 34.2 Å². The van der Waals surface area contributed by atoms with Gasteiger partial charge in [-0.15, -0.1) is 0 Å². The zero-order valence-corrected chi connectivity index (χ0v) is 8.81. The Morgan fingerprint density at radius 1 is 1.27 bits per heavy atom. The molecule has 0 fully saturated rings. The highest BCUT2D eigenvalue weighted by Gasteiger charge is 2.12. The molecule has 0 aliphatic rings. The van der Waals surface area contributed by atoms with Crippen molar-refractivity contribution in [2.24, 2.45) is 0 Å². The van der Waals surface area contributed by atoms with Gasteiger partial charge in [-0.1, -0.05) is 28.4 Å². The average molecular weight is 247 g/mol. The summed E-state index contributed by atoms with van der Waals surface area (Å²) in [5.74, 6) is -0.522. The van der Waals surface area contributed by atoms with E-state index in [1.807, 2.05) is 0 Å². The van der Waals surface area contributed by atoms with E-state index in [1.165, 1.54) is 18.3 Å². The molecule has 0 unspecified atom stereocenters. The van der Waals surface area contributed by atoms with Crippen molar-refractivity contribution < 1.29 is 8.91 Å². The summed E-state index contributed by atoms with van der Waals surface area (Å²) in [5.41, 5.74) is 6.59. The minimum absolute atomic E-state index is 0.0712. The Hall–Kier alpha value is -1.26. The van der Waals surface area contributed by atoms with Gasteiger partial charge >= 0.3 is 0 Å². The molecule has 2 N–H and O–H groups in total. The van der Waals surface area contributed by atoms with Crippen LogP contribution in [0, 0.1) is 5.82 Å². The second kappa shape index (κ2) is 3.72. The number of nitrogens with zero attached hydrogens (tertiary/aromatic N) is 1. The van der Waals surface area contributed by atoms with Crippen molar-refractivity contribution in [3.63, 3.8) is 0 Å². The van der Waals surface area contributed by atoms with Crippen LogP contribution < -0.4 is 5.73 Å². The maximum Gasteiger partial charge on any atom is 0.229 e. The van der Waals surface area contributed by atoms with E-state index in [-0.39, 0.29) is 15.9 Å². The molecule has 15 heavy (non-hydrogen) atoms. The summed E-state index contributed by atoms with van der Waals surface area (Å²) in [6.07, 6.45) is 1.41. The van der Waals surface area contributed by atoms with E-state index in [1.54, 1.807) is 0 Å². The highest BCUT2D eigenvalue weighted by atomic mass is 35.5. The Morgan fingerprint density at radius 3 is 2.33 bits per heavy atom. The molecule has 0 spiro atoms. The maximum atomic E-state index is 13.1. The van der Waals surface area contributed by atoms with E-state index < -0.39 is 5.82 Å². The fourth-order valence-electron chi connectivity index (χ4n) is 1.18. The van der Waals surface area contributed by atoms with Crippen LogP contribution in [0.5, 0.6) is 0 Å². The van der Waals surface area contributed by atoms with Gasteiger partial charge in [0.1, 0.15) is 0 Å². The van der Waals surface area contributed by atoms with Crippen LogP contribution >= 0.6 is 23.2 Å².